The Bertz CT molecular complexity index is 1010. The number of piperidine rings is 1. The molecule has 2 amide bonds. The van der Waals surface area contributed by atoms with E-state index in [-0.39, 0.29) is 12.0 Å². The first kappa shape index (κ1) is 25.1. The fourth-order valence-electron chi connectivity index (χ4n) is 4.82. The van der Waals surface area contributed by atoms with Crippen LogP contribution in [0.4, 0.5) is 4.79 Å². The molecule has 4 rings (SSSR count). The van der Waals surface area contributed by atoms with Crippen molar-refractivity contribution < 1.29 is 19.1 Å². The molecule has 0 aromatic heterocycles. The molecule has 35 heavy (non-hydrogen) atoms. The summed E-state index contributed by atoms with van der Waals surface area (Å²) in [5.74, 6) is 1.36. The largest absolute Gasteiger partial charge is 0.494 e. The van der Waals surface area contributed by atoms with Crippen LogP contribution in [0.25, 0.3) is 0 Å². The lowest BCUT2D eigenvalue weighted by molar-refractivity contribution is 0.0177. The molecule has 2 aromatic rings. The van der Waals surface area contributed by atoms with Crippen molar-refractivity contribution in [1.82, 2.24) is 9.80 Å². The lowest BCUT2D eigenvalue weighted by Crippen LogP contribution is -2.41. The summed E-state index contributed by atoms with van der Waals surface area (Å²) in [5, 5.41) is 0. The van der Waals surface area contributed by atoms with Crippen LogP contribution in [0, 0.1) is 5.92 Å². The Morgan fingerprint density at radius 3 is 2.49 bits per heavy atom. The van der Waals surface area contributed by atoms with Crippen molar-refractivity contribution >= 4 is 12.0 Å². The second-order valence-corrected chi connectivity index (χ2v) is 10.7. The number of aryl methyl sites for hydroxylation is 1. The second kappa shape index (κ2) is 11.1. The second-order valence-electron chi connectivity index (χ2n) is 10.7. The third kappa shape index (κ3) is 7.00. The summed E-state index contributed by atoms with van der Waals surface area (Å²) in [5.41, 5.74) is 2.55. The molecule has 0 aliphatic carbocycles. The summed E-state index contributed by atoms with van der Waals surface area (Å²) in [6.07, 6.45) is 4.51. The molecule has 0 unspecified atom stereocenters. The smallest absolute Gasteiger partial charge is 0.410 e. The van der Waals surface area contributed by atoms with E-state index < -0.39 is 5.60 Å². The maximum Gasteiger partial charge on any atom is 0.410 e. The Morgan fingerprint density at radius 2 is 1.77 bits per heavy atom. The fraction of sp³-hybridized carbons (Fsp3) is 0.517. The van der Waals surface area contributed by atoms with Crippen molar-refractivity contribution in [3.05, 3.63) is 65.2 Å². The van der Waals surface area contributed by atoms with E-state index >= 15 is 0 Å². The zero-order valence-corrected chi connectivity index (χ0v) is 21.3. The van der Waals surface area contributed by atoms with Gasteiger partial charge in [-0.15, -0.1) is 0 Å². The third-order valence-corrected chi connectivity index (χ3v) is 6.75. The molecule has 0 N–H and O–H groups in total. The number of ether oxygens (including phenoxy) is 2. The summed E-state index contributed by atoms with van der Waals surface area (Å²) in [7, 11) is 0. The number of rotatable bonds is 6. The average molecular weight is 479 g/mol. The molecule has 1 fully saturated rings. The van der Waals surface area contributed by atoms with Crippen LogP contribution in [0.3, 0.4) is 0 Å². The molecule has 2 aromatic carbocycles. The summed E-state index contributed by atoms with van der Waals surface area (Å²) >= 11 is 0. The van der Waals surface area contributed by atoms with Gasteiger partial charge in [-0.1, -0.05) is 36.4 Å². The molecule has 0 spiro atoms. The van der Waals surface area contributed by atoms with Crippen molar-refractivity contribution in [3.63, 3.8) is 0 Å². The van der Waals surface area contributed by atoms with Crippen LogP contribution in [-0.2, 0) is 17.7 Å². The van der Waals surface area contributed by atoms with Crippen molar-refractivity contribution in [2.24, 2.45) is 5.92 Å². The van der Waals surface area contributed by atoms with Gasteiger partial charge in [-0.25, -0.2) is 4.79 Å². The number of nitrogens with zero attached hydrogens (tertiary/aromatic N) is 2. The predicted octanol–water partition coefficient (Wildman–Crippen LogP) is 5.69. The Kier molecular flexibility index (Phi) is 7.99. The molecule has 2 aliphatic rings. The molecule has 1 saturated heterocycles. The van der Waals surface area contributed by atoms with Gasteiger partial charge >= 0.3 is 6.09 Å². The van der Waals surface area contributed by atoms with E-state index in [9.17, 15) is 9.59 Å². The molecule has 6 nitrogen and oxygen atoms in total. The minimum atomic E-state index is -0.463. The van der Waals surface area contributed by atoms with E-state index in [1.165, 1.54) is 0 Å². The maximum absolute atomic E-state index is 13.3. The van der Waals surface area contributed by atoms with Crippen molar-refractivity contribution in [2.75, 3.05) is 26.2 Å². The Morgan fingerprint density at radius 1 is 1.03 bits per heavy atom. The van der Waals surface area contributed by atoms with Gasteiger partial charge in [-0.05, 0) is 82.1 Å². The summed E-state index contributed by atoms with van der Waals surface area (Å²) < 4.78 is 11.6. The Labute approximate surface area is 209 Å². The molecule has 0 saturated carbocycles. The lowest BCUT2D eigenvalue weighted by atomic mass is 9.94. The quantitative estimate of drug-likeness (QED) is 0.535. The summed E-state index contributed by atoms with van der Waals surface area (Å²) in [6, 6.07) is 16.1. The molecule has 2 aliphatic heterocycles. The molecule has 0 bridgehead atoms. The highest BCUT2D eigenvalue weighted by molar-refractivity contribution is 5.96. The molecule has 0 atom stereocenters. The van der Waals surface area contributed by atoms with E-state index in [1.807, 2.05) is 67.0 Å². The average Bonchev–Trinajstić information content (AvgIpc) is 2.98. The van der Waals surface area contributed by atoms with E-state index in [2.05, 4.69) is 12.1 Å². The van der Waals surface area contributed by atoms with Gasteiger partial charge in [0.05, 0.1) is 6.61 Å². The van der Waals surface area contributed by atoms with Crippen LogP contribution in [0.2, 0.25) is 0 Å². The number of carbonyl (C=O) groups is 2. The highest BCUT2D eigenvalue weighted by atomic mass is 16.6. The number of carbonyl (C=O) groups excluding carboxylic acids is 2. The van der Waals surface area contributed by atoms with Crippen LogP contribution >= 0.6 is 0 Å². The van der Waals surface area contributed by atoms with Crippen LogP contribution in [0.5, 0.6) is 5.75 Å². The predicted molar refractivity (Wildman–Crippen MR) is 137 cm³/mol. The highest BCUT2D eigenvalue weighted by Gasteiger charge is 2.27. The van der Waals surface area contributed by atoms with Gasteiger partial charge in [-0.2, -0.15) is 0 Å². The van der Waals surface area contributed by atoms with Gasteiger partial charge in [0.2, 0.25) is 0 Å². The summed E-state index contributed by atoms with van der Waals surface area (Å²) in [4.78, 5) is 29.3. The first-order valence-electron chi connectivity index (χ1n) is 12.9. The van der Waals surface area contributed by atoms with Crippen LogP contribution in [0.15, 0.2) is 48.5 Å². The number of fused-ring (bicyclic) bond motifs is 1. The topological polar surface area (TPSA) is 59.1 Å². The zero-order valence-electron chi connectivity index (χ0n) is 21.3. The number of hydrogen-bond acceptors (Lipinski definition) is 4. The minimum absolute atomic E-state index is 0.0846. The van der Waals surface area contributed by atoms with Gasteiger partial charge < -0.3 is 19.3 Å². The van der Waals surface area contributed by atoms with Gasteiger partial charge in [0.1, 0.15) is 11.4 Å². The van der Waals surface area contributed by atoms with Crippen molar-refractivity contribution in [2.45, 2.75) is 65.0 Å². The normalized spacial score (nSPS) is 17.1. The Hall–Kier alpha value is -3.02. The van der Waals surface area contributed by atoms with E-state index in [4.69, 9.17) is 9.47 Å². The lowest BCUT2D eigenvalue weighted by Gasteiger charge is -2.33. The van der Waals surface area contributed by atoms with Crippen LogP contribution in [0.1, 0.15) is 67.9 Å². The monoisotopic (exact) mass is 478 g/mol. The number of hydrogen-bond donors (Lipinski definition) is 0. The SMILES string of the molecule is CC(C)(C)OC(=O)N1CCC(CCOc2ccc3c(c2)C(=O)N(Cc2ccccc2)CCC3)CC1. The number of amides is 2. The molecule has 6 heteroatoms. The van der Waals surface area contributed by atoms with Crippen molar-refractivity contribution in [3.8, 4) is 5.75 Å². The maximum atomic E-state index is 13.3. The minimum Gasteiger partial charge on any atom is -0.494 e. The molecule has 188 valence electrons. The standard InChI is InChI=1S/C29H38N2O4/c1-29(2,3)35-28(33)30-17-13-22(14-18-30)15-19-34-25-12-11-24-10-7-16-31(27(32)26(24)20-25)21-23-8-5-4-6-9-23/h4-6,8-9,11-12,20,22H,7,10,13-19,21H2,1-3H3. The van der Waals surface area contributed by atoms with E-state index in [0.29, 0.717) is 19.1 Å². The van der Waals surface area contributed by atoms with Gasteiger partial charge in [0, 0.05) is 31.7 Å². The third-order valence-electron chi connectivity index (χ3n) is 6.75. The molecule has 0 radical (unpaired) electrons. The molecule has 2 heterocycles. The number of benzene rings is 2. The van der Waals surface area contributed by atoms with Gasteiger partial charge in [0.15, 0.2) is 0 Å². The summed E-state index contributed by atoms with van der Waals surface area (Å²) in [6.45, 7) is 9.14. The highest BCUT2D eigenvalue weighted by Crippen LogP contribution is 2.26. The van der Waals surface area contributed by atoms with E-state index in [0.717, 1.165) is 74.2 Å². The van der Waals surface area contributed by atoms with Crippen molar-refractivity contribution in [1.29, 1.82) is 0 Å². The molecular formula is C29H38N2O4. The Balaban J connectivity index is 1.28. The first-order valence-corrected chi connectivity index (χ1v) is 12.9. The van der Waals surface area contributed by atoms with E-state index in [1.54, 1.807) is 0 Å². The first-order chi connectivity index (χ1) is 16.8. The zero-order chi connectivity index (χ0) is 24.8. The van der Waals surface area contributed by atoms with Crippen LogP contribution < -0.4 is 4.74 Å². The van der Waals surface area contributed by atoms with Gasteiger partial charge in [0.25, 0.3) is 5.91 Å². The fourth-order valence-corrected chi connectivity index (χ4v) is 4.82. The van der Waals surface area contributed by atoms with Crippen LogP contribution in [-0.4, -0.2) is 53.6 Å². The molecular weight excluding hydrogens is 440 g/mol. The van der Waals surface area contributed by atoms with Gasteiger partial charge in [-0.3, -0.25) is 4.79 Å². The number of likely N-dealkylation sites (tertiary alicyclic amines) is 1.